The fraction of sp³-hybridized carbons (Fsp3) is 0. The number of fused-ring (bicyclic) bond motifs is 4. The lowest BCUT2D eigenvalue weighted by atomic mass is 9.94. The molecule has 1 heterocycles. The Balaban J connectivity index is 1.15. The van der Waals surface area contributed by atoms with E-state index in [1.807, 2.05) is 11.3 Å². The van der Waals surface area contributed by atoms with E-state index in [0.29, 0.717) is 0 Å². The molecule has 0 bridgehead atoms. The Morgan fingerprint density at radius 1 is 0.305 bits per heavy atom. The third-order valence-corrected chi connectivity index (χ3v) is 12.6. The zero-order valence-corrected chi connectivity index (χ0v) is 33.1. The van der Waals surface area contributed by atoms with Crippen LogP contribution in [0.2, 0.25) is 0 Å². The van der Waals surface area contributed by atoms with Gasteiger partial charge in [-0.3, -0.25) is 0 Å². The summed E-state index contributed by atoms with van der Waals surface area (Å²) in [4.78, 5) is 6.09. The van der Waals surface area contributed by atoms with E-state index < -0.39 is 0 Å². The topological polar surface area (TPSA) is 6.48 Å². The summed E-state index contributed by atoms with van der Waals surface area (Å²) in [6.45, 7) is 0. The van der Waals surface area contributed by atoms with Gasteiger partial charge in [0, 0.05) is 59.3 Å². The highest BCUT2D eigenvalue weighted by Gasteiger charge is 2.24. The third-order valence-electron chi connectivity index (χ3n) is 11.4. The van der Waals surface area contributed by atoms with Gasteiger partial charge >= 0.3 is 0 Å². The lowest BCUT2D eigenvalue weighted by Crippen LogP contribution is -2.11. The fourth-order valence-corrected chi connectivity index (χ4v) is 10.1. The lowest BCUT2D eigenvalue weighted by Gasteiger charge is -2.29. The van der Waals surface area contributed by atoms with Crippen LogP contribution in [0, 0.1) is 0 Å². The van der Waals surface area contributed by atoms with Crippen molar-refractivity contribution < 1.29 is 0 Å². The molecule has 0 saturated heterocycles. The number of nitrogens with zero attached hydrogens (tertiary/aromatic N) is 2. The van der Waals surface area contributed by atoms with Crippen molar-refractivity contribution in [2.24, 2.45) is 0 Å². The van der Waals surface area contributed by atoms with Crippen LogP contribution in [-0.4, -0.2) is 0 Å². The van der Waals surface area contributed by atoms with Gasteiger partial charge in [-0.1, -0.05) is 176 Å². The molecule has 59 heavy (non-hydrogen) atoms. The van der Waals surface area contributed by atoms with Crippen LogP contribution in [0.3, 0.4) is 0 Å². The second kappa shape index (κ2) is 14.8. The van der Waals surface area contributed by atoms with Crippen molar-refractivity contribution in [3.05, 3.63) is 231 Å². The summed E-state index contributed by atoms with van der Waals surface area (Å²) in [5.41, 5.74) is 10.5. The molecule has 0 atom stereocenters. The molecule has 0 aliphatic carbocycles. The minimum atomic E-state index is 1.13. The Labute approximate surface area is 348 Å². The van der Waals surface area contributed by atoms with Crippen molar-refractivity contribution in [1.29, 1.82) is 0 Å². The average molecular weight is 771 g/mol. The minimum Gasteiger partial charge on any atom is -0.310 e. The zero-order chi connectivity index (χ0) is 39.1. The molecule has 0 spiro atoms. The average Bonchev–Trinajstić information content (AvgIpc) is 3.69. The van der Waals surface area contributed by atoms with E-state index in [1.54, 1.807) is 0 Å². The van der Waals surface area contributed by atoms with Crippen molar-refractivity contribution in [3.8, 4) is 21.6 Å². The molecule has 3 heteroatoms. The molecule has 0 N–H and O–H groups in total. The van der Waals surface area contributed by atoms with Gasteiger partial charge in [-0.25, -0.2) is 0 Å². The number of benzene rings is 10. The van der Waals surface area contributed by atoms with Crippen molar-refractivity contribution in [1.82, 2.24) is 0 Å². The van der Waals surface area contributed by atoms with Crippen LogP contribution in [0.5, 0.6) is 0 Å². The maximum absolute atomic E-state index is 2.48. The Kier molecular flexibility index (Phi) is 8.72. The van der Waals surface area contributed by atoms with Crippen molar-refractivity contribution in [2.75, 3.05) is 9.80 Å². The molecule has 0 aliphatic heterocycles. The highest BCUT2D eigenvalue weighted by Crippen LogP contribution is 2.51. The molecule has 0 unspecified atom stereocenters. The van der Waals surface area contributed by atoms with Gasteiger partial charge in [0.25, 0.3) is 0 Å². The second-order valence-corrected chi connectivity index (χ2v) is 15.9. The van der Waals surface area contributed by atoms with Crippen LogP contribution in [-0.2, 0) is 0 Å². The number of hydrogen-bond acceptors (Lipinski definition) is 3. The standard InChI is InChI=1S/C56H38N2S/c1-4-20-41(21-5-1)55-50-35-34-44(57(42-24-6-2-7-25-42)43-26-8-3-9-27-43)38-54(50)59-56(55)49-36-37-53(48-31-15-14-30-47(48)49)58(51-32-16-22-39-18-10-12-28-45(39)51)52-33-17-23-40-19-11-13-29-46(40)52/h1-38H. The minimum absolute atomic E-state index is 1.13. The number of thiophene rings is 1. The van der Waals surface area contributed by atoms with Gasteiger partial charge in [-0.2, -0.15) is 0 Å². The quantitative estimate of drug-likeness (QED) is 0.152. The van der Waals surface area contributed by atoms with Crippen molar-refractivity contribution >= 4 is 87.9 Å². The van der Waals surface area contributed by atoms with E-state index in [0.717, 1.165) is 34.1 Å². The third kappa shape index (κ3) is 6.12. The van der Waals surface area contributed by atoms with E-state index >= 15 is 0 Å². The van der Waals surface area contributed by atoms with E-state index in [2.05, 4.69) is 240 Å². The normalized spacial score (nSPS) is 11.4. The second-order valence-electron chi connectivity index (χ2n) is 14.9. The first-order chi connectivity index (χ1) is 29.3. The monoisotopic (exact) mass is 770 g/mol. The molecular weight excluding hydrogens is 733 g/mol. The molecule has 11 aromatic rings. The van der Waals surface area contributed by atoms with Crippen LogP contribution in [0.4, 0.5) is 34.1 Å². The molecule has 0 saturated carbocycles. The molecule has 0 amide bonds. The van der Waals surface area contributed by atoms with Gasteiger partial charge < -0.3 is 9.80 Å². The first kappa shape index (κ1) is 34.8. The molecule has 0 aliphatic rings. The largest absolute Gasteiger partial charge is 0.310 e. The summed E-state index contributed by atoms with van der Waals surface area (Å²) in [5.74, 6) is 0. The Hall–Kier alpha value is -7.46. The van der Waals surface area contributed by atoms with Gasteiger partial charge in [0.05, 0.1) is 17.1 Å². The first-order valence-corrected chi connectivity index (χ1v) is 20.9. The van der Waals surface area contributed by atoms with Gasteiger partial charge in [0.15, 0.2) is 0 Å². The SMILES string of the molecule is c1ccc(-c2c(-c3ccc(N(c4cccc5ccccc45)c4cccc5ccccc45)c4ccccc34)sc3cc(N(c4ccccc4)c4ccccc4)ccc23)cc1. The molecule has 0 radical (unpaired) electrons. The number of hydrogen-bond donors (Lipinski definition) is 0. The van der Waals surface area contributed by atoms with Crippen LogP contribution in [0.25, 0.3) is 64.0 Å². The summed E-state index contributed by atoms with van der Waals surface area (Å²) in [6, 6.07) is 83.6. The highest BCUT2D eigenvalue weighted by molar-refractivity contribution is 7.23. The Morgan fingerprint density at radius 3 is 1.41 bits per heavy atom. The van der Waals surface area contributed by atoms with Crippen LogP contribution in [0.15, 0.2) is 231 Å². The fourth-order valence-electron chi connectivity index (χ4n) is 8.78. The maximum Gasteiger partial charge on any atom is 0.0540 e. The number of anilines is 6. The van der Waals surface area contributed by atoms with Crippen LogP contribution >= 0.6 is 11.3 Å². The molecular formula is C56H38N2S. The molecule has 0 fully saturated rings. The summed E-state index contributed by atoms with van der Waals surface area (Å²) in [6.07, 6.45) is 0. The summed E-state index contributed by atoms with van der Waals surface area (Å²) in [5, 5.41) is 8.52. The lowest BCUT2D eigenvalue weighted by molar-refractivity contribution is 1.29. The van der Waals surface area contributed by atoms with Crippen LogP contribution in [0.1, 0.15) is 0 Å². The van der Waals surface area contributed by atoms with E-state index in [9.17, 15) is 0 Å². The van der Waals surface area contributed by atoms with Gasteiger partial charge in [-0.15, -0.1) is 11.3 Å². The first-order valence-electron chi connectivity index (χ1n) is 20.1. The summed E-state index contributed by atoms with van der Waals surface area (Å²) in [7, 11) is 0. The highest BCUT2D eigenvalue weighted by atomic mass is 32.1. The summed E-state index contributed by atoms with van der Waals surface area (Å²) < 4.78 is 1.24. The van der Waals surface area contributed by atoms with Crippen molar-refractivity contribution in [3.63, 3.8) is 0 Å². The Morgan fingerprint density at radius 2 is 0.797 bits per heavy atom. The molecule has 11 rings (SSSR count). The van der Waals surface area contributed by atoms with Gasteiger partial charge in [0.1, 0.15) is 0 Å². The van der Waals surface area contributed by atoms with E-state index in [-0.39, 0.29) is 0 Å². The molecule has 1 aromatic heterocycles. The summed E-state index contributed by atoms with van der Waals surface area (Å²) >= 11 is 1.88. The van der Waals surface area contributed by atoms with Gasteiger partial charge in [-0.05, 0) is 76.3 Å². The van der Waals surface area contributed by atoms with E-state index in [4.69, 9.17) is 0 Å². The Bertz CT molecular complexity index is 3150. The van der Waals surface area contributed by atoms with Crippen molar-refractivity contribution in [2.45, 2.75) is 0 Å². The maximum atomic E-state index is 2.48. The van der Waals surface area contributed by atoms with Crippen LogP contribution < -0.4 is 9.80 Å². The number of para-hydroxylation sites is 2. The van der Waals surface area contributed by atoms with Gasteiger partial charge in [0.2, 0.25) is 0 Å². The predicted molar refractivity (Wildman–Crippen MR) is 255 cm³/mol. The molecule has 10 aromatic carbocycles. The zero-order valence-electron chi connectivity index (χ0n) is 32.2. The molecule has 278 valence electrons. The smallest absolute Gasteiger partial charge is 0.0540 e. The molecule has 2 nitrogen and oxygen atoms in total. The number of rotatable bonds is 8. The van der Waals surface area contributed by atoms with E-state index in [1.165, 1.54) is 64.0 Å². The predicted octanol–water partition coefficient (Wildman–Crippen LogP) is 16.6.